The second-order valence-electron chi connectivity index (χ2n) is 5.22. The van der Waals surface area contributed by atoms with Gasteiger partial charge in [-0.05, 0) is 37.0 Å². The molecule has 2 unspecified atom stereocenters. The van der Waals surface area contributed by atoms with Crippen molar-refractivity contribution in [1.82, 2.24) is 0 Å². The SMILES string of the molecule is COc1cccc(C2(N)CCCC(C(F)(F)F)C2)c1. The van der Waals surface area contributed by atoms with Gasteiger partial charge in [0.1, 0.15) is 5.75 Å². The lowest BCUT2D eigenvalue weighted by Gasteiger charge is -2.39. The van der Waals surface area contributed by atoms with Gasteiger partial charge < -0.3 is 10.5 Å². The molecule has 0 bridgehead atoms. The fourth-order valence-electron chi connectivity index (χ4n) is 2.78. The molecule has 0 heterocycles. The predicted molar refractivity (Wildman–Crippen MR) is 66.9 cm³/mol. The Morgan fingerprint density at radius 3 is 2.74 bits per heavy atom. The summed E-state index contributed by atoms with van der Waals surface area (Å²) in [6, 6.07) is 7.04. The Morgan fingerprint density at radius 1 is 1.37 bits per heavy atom. The van der Waals surface area contributed by atoms with Crippen molar-refractivity contribution in [1.29, 1.82) is 0 Å². The summed E-state index contributed by atoms with van der Waals surface area (Å²) in [5.74, 6) is -0.686. The van der Waals surface area contributed by atoms with Gasteiger partial charge in [-0.1, -0.05) is 18.6 Å². The van der Waals surface area contributed by atoms with Crippen molar-refractivity contribution < 1.29 is 17.9 Å². The number of methoxy groups -OCH3 is 1. The molecule has 1 aromatic carbocycles. The molecule has 0 saturated heterocycles. The first kappa shape index (κ1) is 14.2. The van der Waals surface area contributed by atoms with Crippen LogP contribution in [-0.2, 0) is 5.54 Å². The largest absolute Gasteiger partial charge is 0.497 e. The molecule has 1 saturated carbocycles. The highest BCUT2D eigenvalue weighted by Gasteiger charge is 2.46. The second-order valence-corrected chi connectivity index (χ2v) is 5.22. The van der Waals surface area contributed by atoms with Crippen LogP contribution in [0.15, 0.2) is 24.3 Å². The van der Waals surface area contributed by atoms with Crippen molar-refractivity contribution in [2.24, 2.45) is 11.7 Å². The van der Waals surface area contributed by atoms with Crippen LogP contribution in [0.5, 0.6) is 5.75 Å². The molecular weight excluding hydrogens is 255 g/mol. The number of alkyl halides is 3. The normalized spacial score (nSPS) is 28.2. The third-order valence-corrected chi connectivity index (χ3v) is 3.89. The zero-order valence-electron chi connectivity index (χ0n) is 10.8. The quantitative estimate of drug-likeness (QED) is 0.893. The predicted octanol–water partition coefficient (Wildman–Crippen LogP) is 3.60. The van der Waals surface area contributed by atoms with Crippen LogP contribution >= 0.6 is 0 Å². The maximum Gasteiger partial charge on any atom is 0.391 e. The van der Waals surface area contributed by atoms with Crippen molar-refractivity contribution in [3.05, 3.63) is 29.8 Å². The Labute approximate surface area is 110 Å². The van der Waals surface area contributed by atoms with E-state index in [1.165, 1.54) is 7.11 Å². The van der Waals surface area contributed by atoms with E-state index < -0.39 is 17.6 Å². The number of halogens is 3. The van der Waals surface area contributed by atoms with Crippen LogP contribution in [0.4, 0.5) is 13.2 Å². The summed E-state index contributed by atoms with van der Waals surface area (Å²) < 4.78 is 43.7. The highest BCUT2D eigenvalue weighted by molar-refractivity contribution is 5.33. The van der Waals surface area contributed by atoms with E-state index in [0.717, 1.165) is 5.56 Å². The molecule has 1 aliphatic carbocycles. The molecule has 0 aliphatic heterocycles. The first-order chi connectivity index (χ1) is 8.85. The summed E-state index contributed by atoms with van der Waals surface area (Å²) in [4.78, 5) is 0. The lowest BCUT2D eigenvalue weighted by molar-refractivity contribution is -0.187. The standard InChI is InChI=1S/C14H18F3NO/c1-19-12-6-2-4-10(8-12)13(18)7-3-5-11(9-13)14(15,16)17/h2,4,6,8,11H,3,5,7,9,18H2,1H3. The van der Waals surface area contributed by atoms with E-state index in [1.54, 1.807) is 24.3 Å². The van der Waals surface area contributed by atoms with Crippen molar-refractivity contribution >= 4 is 0 Å². The summed E-state index contributed by atoms with van der Waals surface area (Å²) in [5.41, 5.74) is 6.05. The van der Waals surface area contributed by atoms with Gasteiger partial charge in [-0.15, -0.1) is 0 Å². The molecule has 1 aromatic rings. The summed E-state index contributed by atoms with van der Waals surface area (Å²) in [5, 5.41) is 0. The van der Waals surface area contributed by atoms with Crippen LogP contribution in [-0.4, -0.2) is 13.3 Å². The first-order valence-corrected chi connectivity index (χ1v) is 6.35. The second kappa shape index (κ2) is 5.04. The first-order valence-electron chi connectivity index (χ1n) is 6.35. The Morgan fingerprint density at radius 2 is 2.11 bits per heavy atom. The van der Waals surface area contributed by atoms with Crippen molar-refractivity contribution in [3.8, 4) is 5.75 Å². The summed E-state index contributed by atoms with van der Waals surface area (Å²) in [7, 11) is 1.53. The van der Waals surface area contributed by atoms with Gasteiger partial charge in [0.05, 0.1) is 13.0 Å². The van der Waals surface area contributed by atoms with Crippen LogP contribution in [0.25, 0.3) is 0 Å². The summed E-state index contributed by atoms with van der Waals surface area (Å²) >= 11 is 0. The van der Waals surface area contributed by atoms with Gasteiger partial charge in [-0.2, -0.15) is 13.2 Å². The van der Waals surface area contributed by atoms with Gasteiger partial charge in [0.2, 0.25) is 0 Å². The molecule has 2 nitrogen and oxygen atoms in total. The number of hydrogen-bond acceptors (Lipinski definition) is 2. The number of benzene rings is 1. The molecular formula is C14H18F3NO. The van der Waals surface area contributed by atoms with Crippen molar-refractivity contribution in [2.45, 2.75) is 37.4 Å². The highest BCUT2D eigenvalue weighted by Crippen LogP contribution is 2.45. The molecule has 2 N–H and O–H groups in total. The maximum atomic E-state index is 12.9. The number of hydrogen-bond donors (Lipinski definition) is 1. The van der Waals surface area contributed by atoms with E-state index >= 15 is 0 Å². The van der Waals surface area contributed by atoms with Gasteiger partial charge >= 0.3 is 6.18 Å². The molecule has 0 radical (unpaired) electrons. The third-order valence-electron chi connectivity index (χ3n) is 3.89. The molecule has 106 valence electrons. The van der Waals surface area contributed by atoms with Crippen molar-refractivity contribution in [2.75, 3.05) is 7.11 Å². The molecule has 1 aliphatic rings. The molecule has 2 atom stereocenters. The molecule has 0 amide bonds. The van der Waals surface area contributed by atoms with Gasteiger partial charge in [0.25, 0.3) is 0 Å². The average Bonchev–Trinajstić information content (AvgIpc) is 2.38. The Hall–Kier alpha value is -1.23. The van der Waals surface area contributed by atoms with Gasteiger partial charge in [-0.25, -0.2) is 0 Å². The molecule has 19 heavy (non-hydrogen) atoms. The zero-order valence-corrected chi connectivity index (χ0v) is 10.8. The summed E-state index contributed by atoms with van der Waals surface area (Å²) in [6.45, 7) is 0. The minimum absolute atomic E-state index is 0.0519. The highest BCUT2D eigenvalue weighted by atomic mass is 19.4. The fourth-order valence-corrected chi connectivity index (χ4v) is 2.78. The smallest absolute Gasteiger partial charge is 0.391 e. The van der Waals surface area contributed by atoms with Gasteiger partial charge in [0, 0.05) is 5.54 Å². The lowest BCUT2D eigenvalue weighted by Crippen LogP contribution is -2.44. The monoisotopic (exact) mass is 273 g/mol. The van der Waals surface area contributed by atoms with Crippen LogP contribution in [0, 0.1) is 5.92 Å². The number of ether oxygens (including phenoxy) is 1. The molecule has 0 aromatic heterocycles. The van der Waals surface area contributed by atoms with E-state index in [2.05, 4.69) is 0 Å². The lowest BCUT2D eigenvalue weighted by atomic mass is 9.72. The van der Waals surface area contributed by atoms with Crippen LogP contribution in [0.2, 0.25) is 0 Å². The Kier molecular flexibility index (Phi) is 3.76. The van der Waals surface area contributed by atoms with Gasteiger partial charge in [-0.3, -0.25) is 0 Å². The Balaban J connectivity index is 2.26. The van der Waals surface area contributed by atoms with E-state index in [4.69, 9.17) is 10.5 Å². The molecule has 2 rings (SSSR count). The summed E-state index contributed by atoms with van der Waals surface area (Å²) in [6.07, 6.45) is -2.97. The Bertz CT molecular complexity index is 447. The number of rotatable bonds is 2. The fraction of sp³-hybridized carbons (Fsp3) is 0.571. The number of nitrogens with two attached hydrogens (primary N) is 1. The third kappa shape index (κ3) is 3.03. The van der Waals surface area contributed by atoms with Crippen molar-refractivity contribution in [3.63, 3.8) is 0 Å². The van der Waals surface area contributed by atoms with E-state index in [-0.39, 0.29) is 12.8 Å². The molecule has 0 spiro atoms. The van der Waals surface area contributed by atoms with Gasteiger partial charge in [0.15, 0.2) is 0 Å². The minimum Gasteiger partial charge on any atom is -0.497 e. The molecule has 5 heteroatoms. The van der Waals surface area contributed by atoms with E-state index in [0.29, 0.717) is 18.6 Å². The van der Waals surface area contributed by atoms with Crippen LogP contribution in [0.3, 0.4) is 0 Å². The average molecular weight is 273 g/mol. The minimum atomic E-state index is -4.16. The molecule has 1 fully saturated rings. The van der Waals surface area contributed by atoms with E-state index in [9.17, 15) is 13.2 Å². The van der Waals surface area contributed by atoms with Crippen LogP contribution < -0.4 is 10.5 Å². The zero-order chi connectivity index (χ0) is 14.1. The van der Waals surface area contributed by atoms with E-state index in [1.807, 2.05) is 0 Å². The maximum absolute atomic E-state index is 12.9. The van der Waals surface area contributed by atoms with Crippen LogP contribution in [0.1, 0.15) is 31.2 Å². The topological polar surface area (TPSA) is 35.2 Å².